The van der Waals surface area contributed by atoms with Crippen LogP contribution in [0.15, 0.2) is 66.7 Å². The quantitative estimate of drug-likeness (QED) is 0.439. The van der Waals surface area contributed by atoms with Crippen LogP contribution in [-0.2, 0) is 0 Å². The molecule has 0 aromatic heterocycles. The van der Waals surface area contributed by atoms with Gasteiger partial charge in [0.05, 0.1) is 5.69 Å². The van der Waals surface area contributed by atoms with Crippen LogP contribution < -0.4 is 17.2 Å². The van der Waals surface area contributed by atoms with E-state index in [1.165, 1.54) is 0 Å². The Morgan fingerprint density at radius 2 is 0.880 bits per heavy atom. The molecule has 0 spiro atoms. The van der Waals surface area contributed by atoms with Crippen LogP contribution in [0.2, 0.25) is 0 Å². The van der Waals surface area contributed by atoms with Gasteiger partial charge in [-0.05, 0) is 60.7 Å². The highest BCUT2D eigenvalue weighted by Gasteiger charge is 2.00. The van der Waals surface area contributed by atoms with Gasteiger partial charge in [0.2, 0.25) is 0 Å². The standard InChI is InChI=1S/C22H17N3/c23-20-12-6-16(7-13-20)4-10-18-2-1-3-19(22(18)25)11-5-17-8-14-21(24)15-9-17/h1-3,6-9,12-15H,23-25H2. The predicted molar refractivity (Wildman–Crippen MR) is 105 cm³/mol. The summed E-state index contributed by atoms with van der Waals surface area (Å²) in [4.78, 5) is 0. The molecule has 0 heterocycles. The minimum absolute atomic E-state index is 0.577. The zero-order chi connectivity index (χ0) is 17.6. The maximum atomic E-state index is 6.21. The molecule has 0 aliphatic heterocycles. The minimum Gasteiger partial charge on any atom is -0.399 e. The van der Waals surface area contributed by atoms with Crippen LogP contribution in [0.25, 0.3) is 0 Å². The van der Waals surface area contributed by atoms with Crippen LogP contribution in [0.5, 0.6) is 0 Å². The average Bonchev–Trinajstić information content (AvgIpc) is 2.62. The van der Waals surface area contributed by atoms with E-state index in [4.69, 9.17) is 17.2 Å². The molecular weight excluding hydrogens is 306 g/mol. The molecule has 3 nitrogen and oxygen atoms in total. The van der Waals surface area contributed by atoms with E-state index >= 15 is 0 Å². The fourth-order valence-corrected chi connectivity index (χ4v) is 2.20. The molecule has 25 heavy (non-hydrogen) atoms. The zero-order valence-corrected chi connectivity index (χ0v) is 13.6. The molecule has 120 valence electrons. The normalized spacial score (nSPS) is 9.44. The molecule has 0 saturated heterocycles. The van der Waals surface area contributed by atoms with E-state index in [1.807, 2.05) is 66.7 Å². The van der Waals surface area contributed by atoms with Crippen molar-refractivity contribution in [3.63, 3.8) is 0 Å². The van der Waals surface area contributed by atoms with Crippen molar-refractivity contribution in [3.05, 3.63) is 89.0 Å². The lowest BCUT2D eigenvalue weighted by Gasteiger charge is -2.01. The summed E-state index contributed by atoms with van der Waals surface area (Å²) in [5, 5.41) is 0. The van der Waals surface area contributed by atoms with Gasteiger partial charge in [-0.2, -0.15) is 0 Å². The molecule has 3 heteroatoms. The molecule has 0 aliphatic carbocycles. The first-order chi connectivity index (χ1) is 12.1. The van der Waals surface area contributed by atoms with Crippen molar-refractivity contribution in [2.75, 3.05) is 17.2 Å². The highest BCUT2D eigenvalue weighted by Crippen LogP contribution is 2.16. The van der Waals surface area contributed by atoms with Crippen molar-refractivity contribution in [3.8, 4) is 23.7 Å². The van der Waals surface area contributed by atoms with Gasteiger partial charge in [0.15, 0.2) is 0 Å². The van der Waals surface area contributed by atoms with Crippen LogP contribution in [0.3, 0.4) is 0 Å². The van der Waals surface area contributed by atoms with Crippen molar-refractivity contribution in [2.45, 2.75) is 0 Å². The van der Waals surface area contributed by atoms with Gasteiger partial charge in [0.1, 0.15) is 0 Å². The van der Waals surface area contributed by atoms with E-state index in [1.54, 1.807) is 0 Å². The molecule has 0 amide bonds. The Morgan fingerprint density at radius 3 is 1.28 bits per heavy atom. The summed E-state index contributed by atoms with van der Waals surface area (Å²) >= 11 is 0. The van der Waals surface area contributed by atoms with Gasteiger partial charge in [-0.25, -0.2) is 0 Å². The highest BCUT2D eigenvalue weighted by molar-refractivity contribution is 5.67. The summed E-state index contributed by atoms with van der Waals surface area (Å²) in [6.07, 6.45) is 0. The second-order valence-corrected chi connectivity index (χ2v) is 5.51. The van der Waals surface area contributed by atoms with E-state index in [0.29, 0.717) is 17.1 Å². The van der Waals surface area contributed by atoms with E-state index in [0.717, 1.165) is 22.3 Å². The predicted octanol–water partition coefficient (Wildman–Crippen LogP) is 3.23. The van der Waals surface area contributed by atoms with Gasteiger partial charge in [-0.15, -0.1) is 0 Å². The molecule has 6 N–H and O–H groups in total. The Balaban J connectivity index is 1.88. The van der Waals surface area contributed by atoms with E-state index < -0.39 is 0 Å². The number of benzene rings is 3. The van der Waals surface area contributed by atoms with Crippen molar-refractivity contribution in [1.82, 2.24) is 0 Å². The van der Waals surface area contributed by atoms with Crippen molar-refractivity contribution < 1.29 is 0 Å². The van der Waals surface area contributed by atoms with E-state index in [2.05, 4.69) is 23.7 Å². The molecule has 0 atom stereocenters. The SMILES string of the molecule is Nc1ccc(C#Cc2cccc(C#Cc3ccc(N)cc3)c2N)cc1. The fraction of sp³-hybridized carbons (Fsp3) is 0. The van der Waals surface area contributed by atoms with Gasteiger partial charge >= 0.3 is 0 Å². The molecule has 0 radical (unpaired) electrons. The molecule has 0 aliphatic rings. The maximum absolute atomic E-state index is 6.21. The van der Waals surface area contributed by atoms with Crippen LogP contribution in [0, 0.1) is 23.7 Å². The van der Waals surface area contributed by atoms with E-state index in [9.17, 15) is 0 Å². The highest BCUT2D eigenvalue weighted by atomic mass is 14.6. The number of hydrogen-bond acceptors (Lipinski definition) is 3. The third-order valence-corrected chi connectivity index (χ3v) is 3.61. The number of anilines is 3. The van der Waals surface area contributed by atoms with Crippen molar-refractivity contribution >= 4 is 17.1 Å². The first kappa shape index (κ1) is 16.1. The summed E-state index contributed by atoms with van der Waals surface area (Å²) in [6.45, 7) is 0. The fourth-order valence-electron chi connectivity index (χ4n) is 2.20. The Labute approximate surface area is 147 Å². The second kappa shape index (κ2) is 7.17. The Bertz CT molecular complexity index is 928. The first-order valence-corrected chi connectivity index (χ1v) is 7.75. The van der Waals surface area contributed by atoms with Crippen LogP contribution in [0.4, 0.5) is 17.1 Å². The van der Waals surface area contributed by atoms with Gasteiger partial charge in [-0.3, -0.25) is 0 Å². The average molecular weight is 323 g/mol. The van der Waals surface area contributed by atoms with Gasteiger partial charge < -0.3 is 17.2 Å². The second-order valence-electron chi connectivity index (χ2n) is 5.51. The molecule has 3 rings (SSSR count). The molecule has 0 unspecified atom stereocenters. The Kier molecular flexibility index (Phi) is 4.60. The number of nitrogen functional groups attached to an aromatic ring is 3. The molecule has 0 bridgehead atoms. The lowest BCUT2D eigenvalue weighted by atomic mass is 10.1. The first-order valence-electron chi connectivity index (χ1n) is 7.75. The lowest BCUT2D eigenvalue weighted by molar-refractivity contribution is 1.57. The summed E-state index contributed by atoms with van der Waals surface area (Å²) in [6, 6.07) is 20.5. The molecule has 3 aromatic carbocycles. The zero-order valence-electron chi connectivity index (χ0n) is 13.6. The molecular formula is C22H17N3. The lowest BCUT2D eigenvalue weighted by Crippen LogP contribution is -1.94. The largest absolute Gasteiger partial charge is 0.399 e. The van der Waals surface area contributed by atoms with Crippen LogP contribution in [-0.4, -0.2) is 0 Å². The summed E-state index contributed by atoms with van der Waals surface area (Å²) < 4.78 is 0. The Hall–Kier alpha value is -3.82. The van der Waals surface area contributed by atoms with Crippen molar-refractivity contribution in [1.29, 1.82) is 0 Å². The minimum atomic E-state index is 0.577. The van der Waals surface area contributed by atoms with E-state index in [-0.39, 0.29) is 0 Å². The monoisotopic (exact) mass is 323 g/mol. The smallest absolute Gasteiger partial charge is 0.0632 e. The molecule has 3 aromatic rings. The van der Waals surface area contributed by atoms with Crippen LogP contribution >= 0.6 is 0 Å². The number of nitrogens with two attached hydrogens (primary N) is 3. The van der Waals surface area contributed by atoms with Crippen LogP contribution in [0.1, 0.15) is 22.3 Å². The third-order valence-electron chi connectivity index (χ3n) is 3.61. The molecule has 0 saturated carbocycles. The topological polar surface area (TPSA) is 78.1 Å². The van der Waals surface area contributed by atoms with Gasteiger partial charge in [0.25, 0.3) is 0 Å². The maximum Gasteiger partial charge on any atom is 0.0632 e. The summed E-state index contributed by atoms with van der Waals surface area (Å²) in [5.41, 5.74) is 22.8. The van der Waals surface area contributed by atoms with Crippen molar-refractivity contribution in [2.24, 2.45) is 0 Å². The summed E-state index contributed by atoms with van der Waals surface area (Å²) in [5.74, 6) is 12.4. The number of para-hydroxylation sites is 1. The number of rotatable bonds is 0. The molecule has 0 fully saturated rings. The summed E-state index contributed by atoms with van der Waals surface area (Å²) in [7, 11) is 0. The van der Waals surface area contributed by atoms with Gasteiger partial charge in [0, 0.05) is 33.6 Å². The van der Waals surface area contributed by atoms with Gasteiger partial charge in [-0.1, -0.05) is 29.7 Å². The third kappa shape index (κ3) is 4.13. The Morgan fingerprint density at radius 1 is 0.480 bits per heavy atom. The number of hydrogen-bond donors (Lipinski definition) is 3.